The van der Waals surface area contributed by atoms with Crippen molar-refractivity contribution in [2.75, 3.05) is 0 Å². The van der Waals surface area contributed by atoms with Crippen LogP contribution in [0.15, 0.2) is 0 Å². The fraction of sp³-hybridized carbons (Fsp3) is 0.909. The third kappa shape index (κ3) is 3.26. The highest BCUT2D eigenvalue weighted by Crippen LogP contribution is 2.37. The van der Waals surface area contributed by atoms with Crippen molar-refractivity contribution < 1.29 is 4.79 Å². The maximum atomic E-state index is 12.0. The predicted octanol–water partition coefficient (Wildman–Crippen LogP) is 3.65. The number of hydrogen-bond donors (Lipinski definition) is 0. The summed E-state index contributed by atoms with van der Waals surface area (Å²) in [5.74, 6) is 0.502. The van der Waals surface area contributed by atoms with Crippen molar-refractivity contribution >= 4 is 13.5 Å². The van der Waals surface area contributed by atoms with Gasteiger partial charge in [-0.15, -0.1) is 0 Å². The molecule has 13 heavy (non-hydrogen) atoms. The minimum Gasteiger partial charge on any atom is -0.305 e. The first kappa shape index (κ1) is 12.9. The number of hydrogen-bond acceptors (Lipinski definition) is 1. The summed E-state index contributed by atoms with van der Waals surface area (Å²) in [6.07, 6.45) is 0.760. The van der Waals surface area contributed by atoms with Gasteiger partial charge in [-0.3, -0.25) is 0 Å². The van der Waals surface area contributed by atoms with E-state index >= 15 is 0 Å². The molecule has 0 atom stereocenters. The molecule has 0 bridgehead atoms. The first-order valence-corrected chi connectivity index (χ1v) is 8.12. The average Bonchev–Trinajstić information content (AvgIpc) is 1.82. The maximum absolute atomic E-state index is 12.0. The molecule has 0 saturated carbocycles. The topological polar surface area (TPSA) is 17.1 Å². The van der Waals surface area contributed by atoms with E-state index < -0.39 is 8.07 Å². The predicted molar refractivity (Wildman–Crippen MR) is 61.7 cm³/mol. The Morgan fingerprint density at radius 2 is 1.62 bits per heavy atom. The van der Waals surface area contributed by atoms with Crippen molar-refractivity contribution in [3.05, 3.63) is 0 Å². The summed E-state index contributed by atoms with van der Waals surface area (Å²) in [4.78, 5) is 12.0. The number of carbonyl (C=O) groups excluding carboxylic acids is 1. The van der Waals surface area contributed by atoms with Crippen molar-refractivity contribution in [2.24, 2.45) is 5.92 Å². The fourth-order valence-electron chi connectivity index (χ4n) is 1.04. The highest BCUT2D eigenvalue weighted by Gasteiger charge is 2.41. The van der Waals surface area contributed by atoms with E-state index in [2.05, 4.69) is 47.7 Å². The van der Waals surface area contributed by atoms with Gasteiger partial charge in [0.2, 0.25) is 0 Å². The second kappa shape index (κ2) is 3.95. The molecule has 0 radical (unpaired) electrons. The largest absolute Gasteiger partial charge is 0.305 e. The zero-order chi connectivity index (χ0) is 10.9. The molecule has 0 aromatic heterocycles. The average molecular weight is 200 g/mol. The van der Waals surface area contributed by atoms with Gasteiger partial charge in [-0.1, -0.05) is 47.7 Å². The molecule has 2 heteroatoms. The number of rotatable bonds is 3. The SMILES string of the molecule is CC(C)CC(=O)[Si](C)(C)C(C)(C)C. The fourth-order valence-corrected chi connectivity index (χ4v) is 2.80. The first-order chi connectivity index (χ1) is 5.59. The van der Waals surface area contributed by atoms with Gasteiger partial charge in [-0.2, -0.15) is 0 Å². The molecule has 0 rings (SSSR count). The zero-order valence-electron chi connectivity index (χ0n) is 10.2. The van der Waals surface area contributed by atoms with Gasteiger partial charge >= 0.3 is 0 Å². The molecule has 0 aliphatic heterocycles. The maximum Gasteiger partial charge on any atom is 0.132 e. The van der Waals surface area contributed by atoms with E-state index in [1.807, 2.05) is 0 Å². The van der Waals surface area contributed by atoms with Gasteiger partial charge in [0.1, 0.15) is 13.5 Å². The van der Waals surface area contributed by atoms with Gasteiger partial charge in [0.15, 0.2) is 0 Å². The van der Waals surface area contributed by atoms with Gasteiger partial charge < -0.3 is 4.79 Å². The quantitative estimate of drug-likeness (QED) is 0.636. The number of carbonyl (C=O) groups is 1. The van der Waals surface area contributed by atoms with Gasteiger partial charge in [-0.25, -0.2) is 0 Å². The van der Waals surface area contributed by atoms with Crippen LogP contribution in [0, 0.1) is 5.92 Å². The van der Waals surface area contributed by atoms with Crippen LogP contribution in [0.5, 0.6) is 0 Å². The lowest BCUT2D eigenvalue weighted by Gasteiger charge is -2.35. The Morgan fingerprint density at radius 1 is 1.23 bits per heavy atom. The molecule has 0 heterocycles. The monoisotopic (exact) mass is 200 g/mol. The summed E-state index contributed by atoms with van der Waals surface area (Å²) in [5.41, 5.74) is 0. The summed E-state index contributed by atoms with van der Waals surface area (Å²) in [6.45, 7) is 15.2. The molecule has 1 nitrogen and oxygen atoms in total. The zero-order valence-corrected chi connectivity index (χ0v) is 11.2. The Kier molecular flexibility index (Phi) is 3.92. The van der Waals surface area contributed by atoms with E-state index in [1.54, 1.807) is 0 Å². The molecule has 0 aliphatic carbocycles. The van der Waals surface area contributed by atoms with Gasteiger partial charge in [0, 0.05) is 6.42 Å². The lowest BCUT2D eigenvalue weighted by Crippen LogP contribution is -2.46. The molecule has 0 N–H and O–H groups in total. The van der Waals surface area contributed by atoms with Crippen LogP contribution < -0.4 is 0 Å². The van der Waals surface area contributed by atoms with E-state index in [1.165, 1.54) is 0 Å². The summed E-state index contributed by atoms with van der Waals surface area (Å²) in [5, 5.41) is 0.717. The normalized spacial score (nSPS) is 13.5. The molecule has 78 valence electrons. The molecule has 0 aromatic rings. The van der Waals surface area contributed by atoms with Crippen LogP contribution in [0.25, 0.3) is 0 Å². The smallest absolute Gasteiger partial charge is 0.132 e. The lowest BCUT2D eigenvalue weighted by atomic mass is 10.2. The van der Waals surface area contributed by atoms with Crippen molar-refractivity contribution in [3.63, 3.8) is 0 Å². The standard InChI is InChI=1S/C11H24OSi/c1-9(2)8-10(12)13(6,7)11(3,4)5/h9H,8H2,1-7H3. The third-order valence-corrected chi connectivity index (χ3v) is 8.51. The first-order valence-electron chi connectivity index (χ1n) is 5.12. The minimum absolute atomic E-state index is 0.193. The van der Waals surface area contributed by atoms with Crippen LogP contribution in [0.4, 0.5) is 0 Å². The van der Waals surface area contributed by atoms with Gasteiger partial charge in [0.25, 0.3) is 0 Å². The van der Waals surface area contributed by atoms with Crippen LogP contribution >= 0.6 is 0 Å². The van der Waals surface area contributed by atoms with Crippen molar-refractivity contribution in [1.29, 1.82) is 0 Å². The van der Waals surface area contributed by atoms with Crippen LogP contribution in [-0.2, 0) is 4.79 Å². The van der Waals surface area contributed by atoms with Crippen LogP contribution in [-0.4, -0.2) is 13.5 Å². The Morgan fingerprint density at radius 3 is 1.85 bits per heavy atom. The molecule has 0 unspecified atom stereocenters. The van der Waals surface area contributed by atoms with E-state index in [0.717, 1.165) is 6.42 Å². The molecule has 0 saturated heterocycles. The molecule has 0 aliphatic rings. The highest BCUT2D eigenvalue weighted by atomic mass is 28.3. The van der Waals surface area contributed by atoms with Crippen molar-refractivity contribution in [1.82, 2.24) is 0 Å². The third-order valence-electron chi connectivity index (χ3n) is 3.17. The van der Waals surface area contributed by atoms with Crippen molar-refractivity contribution in [3.8, 4) is 0 Å². The molecule has 0 aromatic carbocycles. The van der Waals surface area contributed by atoms with E-state index in [-0.39, 0.29) is 5.04 Å². The Balaban J connectivity index is 4.56. The van der Waals surface area contributed by atoms with Crippen LogP contribution in [0.1, 0.15) is 41.0 Å². The van der Waals surface area contributed by atoms with Gasteiger partial charge in [-0.05, 0) is 11.0 Å². The summed E-state index contributed by atoms with van der Waals surface area (Å²) >= 11 is 0. The lowest BCUT2D eigenvalue weighted by molar-refractivity contribution is -0.113. The van der Waals surface area contributed by atoms with Crippen LogP contribution in [0.2, 0.25) is 18.1 Å². The Hall–Kier alpha value is -0.113. The van der Waals surface area contributed by atoms with Crippen molar-refractivity contribution in [2.45, 2.75) is 59.2 Å². The summed E-state index contributed by atoms with van der Waals surface area (Å²) in [7, 11) is -1.71. The Labute approximate surface area is 83.9 Å². The summed E-state index contributed by atoms with van der Waals surface area (Å²) < 4.78 is 0. The van der Waals surface area contributed by atoms with Gasteiger partial charge in [0.05, 0.1) is 0 Å². The van der Waals surface area contributed by atoms with E-state index in [0.29, 0.717) is 11.3 Å². The van der Waals surface area contributed by atoms with E-state index in [9.17, 15) is 4.79 Å². The summed E-state index contributed by atoms with van der Waals surface area (Å²) in [6, 6.07) is 0. The minimum atomic E-state index is -1.71. The second-order valence-electron chi connectivity index (χ2n) is 5.90. The molecular formula is C11H24OSi. The molecule has 0 fully saturated rings. The van der Waals surface area contributed by atoms with E-state index in [4.69, 9.17) is 0 Å². The van der Waals surface area contributed by atoms with Crippen LogP contribution in [0.3, 0.4) is 0 Å². The molecule has 0 spiro atoms. The Bertz CT molecular complexity index is 187. The highest BCUT2D eigenvalue weighted by molar-refractivity contribution is 7.06. The molecule has 0 amide bonds. The molecular weight excluding hydrogens is 176 g/mol. The second-order valence-corrected chi connectivity index (χ2v) is 11.2.